The van der Waals surface area contributed by atoms with Gasteiger partial charge in [0.25, 0.3) is 0 Å². The molecular weight excluding hydrogens is 395 g/mol. The number of anilines is 1. The van der Waals surface area contributed by atoms with Crippen molar-refractivity contribution in [3.05, 3.63) is 65.9 Å². The number of nitrogens with one attached hydrogen (secondary N) is 2. The highest BCUT2D eigenvalue weighted by atomic mass is 32.2. The summed E-state index contributed by atoms with van der Waals surface area (Å²) in [5, 5.41) is 9.00. The van der Waals surface area contributed by atoms with Crippen molar-refractivity contribution >= 4 is 26.9 Å². The summed E-state index contributed by atoms with van der Waals surface area (Å²) in [6.45, 7) is 2.13. The maximum absolute atomic E-state index is 13.3. The number of aromatic nitrogens is 4. The molecule has 4 aromatic rings. The SMILES string of the molecule is Cc1[nH]c2c(S(N)(=O)=O)cccc2c1-c1ncnc(NCc2cccc(F)c2)n1. The number of halogens is 1. The maximum atomic E-state index is 13.3. The Balaban J connectivity index is 1.72. The van der Waals surface area contributed by atoms with Gasteiger partial charge in [-0.1, -0.05) is 24.3 Å². The van der Waals surface area contributed by atoms with E-state index in [0.29, 0.717) is 40.5 Å². The molecule has 4 N–H and O–H groups in total. The molecule has 0 aliphatic carbocycles. The van der Waals surface area contributed by atoms with Crippen molar-refractivity contribution in [2.75, 3.05) is 5.32 Å². The minimum absolute atomic E-state index is 0.00265. The summed E-state index contributed by atoms with van der Waals surface area (Å²) < 4.78 is 37.1. The van der Waals surface area contributed by atoms with Crippen molar-refractivity contribution in [3.63, 3.8) is 0 Å². The van der Waals surface area contributed by atoms with Crippen LogP contribution in [-0.2, 0) is 16.6 Å². The number of rotatable bonds is 5. The van der Waals surface area contributed by atoms with Gasteiger partial charge in [0.05, 0.1) is 5.52 Å². The molecule has 8 nitrogen and oxygen atoms in total. The van der Waals surface area contributed by atoms with Crippen molar-refractivity contribution in [2.45, 2.75) is 18.4 Å². The van der Waals surface area contributed by atoms with E-state index in [1.54, 1.807) is 31.2 Å². The van der Waals surface area contributed by atoms with Crippen LogP contribution in [0.3, 0.4) is 0 Å². The third-order valence-corrected chi connectivity index (χ3v) is 5.38. The first kappa shape index (κ1) is 19.0. The Labute approximate surface area is 166 Å². The molecule has 148 valence electrons. The molecule has 2 heterocycles. The lowest BCUT2D eigenvalue weighted by molar-refractivity contribution is 0.598. The van der Waals surface area contributed by atoms with E-state index in [1.807, 2.05) is 0 Å². The molecule has 29 heavy (non-hydrogen) atoms. The number of benzene rings is 2. The van der Waals surface area contributed by atoms with Crippen LogP contribution < -0.4 is 10.5 Å². The average Bonchev–Trinajstić information content (AvgIpc) is 3.01. The van der Waals surface area contributed by atoms with E-state index in [0.717, 1.165) is 5.56 Å². The van der Waals surface area contributed by atoms with E-state index in [9.17, 15) is 12.8 Å². The summed E-state index contributed by atoms with van der Waals surface area (Å²) in [5.74, 6) is 0.369. The Morgan fingerprint density at radius 3 is 2.72 bits per heavy atom. The van der Waals surface area contributed by atoms with Gasteiger partial charge >= 0.3 is 0 Å². The van der Waals surface area contributed by atoms with Gasteiger partial charge in [0.2, 0.25) is 16.0 Å². The number of para-hydroxylation sites is 1. The van der Waals surface area contributed by atoms with Crippen molar-refractivity contribution in [3.8, 4) is 11.4 Å². The van der Waals surface area contributed by atoms with Crippen LogP contribution >= 0.6 is 0 Å². The number of aryl methyl sites for hydroxylation is 1. The van der Waals surface area contributed by atoms with E-state index in [1.165, 1.54) is 24.5 Å². The van der Waals surface area contributed by atoms with E-state index in [2.05, 4.69) is 25.3 Å². The first-order chi connectivity index (χ1) is 13.8. The van der Waals surface area contributed by atoms with Crippen molar-refractivity contribution in [2.24, 2.45) is 5.14 Å². The Morgan fingerprint density at radius 1 is 1.17 bits per heavy atom. The van der Waals surface area contributed by atoms with Crippen molar-refractivity contribution in [1.29, 1.82) is 0 Å². The lowest BCUT2D eigenvalue weighted by Crippen LogP contribution is -2.12. The fourth-order valence-electron chi connectivity index (χ4n) is 3.18. The fraction of sp³-hybridized carbons (Fsp3) is 0.105. The summed E-state index contributed by atoms with van der Waals surface area (Å²) in [7, 11) is -3.89. The third kappa shape index (κ3) is 3.80. The normalized spacial score (nSPS) is 11.7. The molecule has 0 spiro atoms. The van der Waals surface area contributed by atoms with E-state index in [4.69, 9.17) is 5.14 Å². The van der Waals surface area contributed by atoms with E-state index < -0.39 is 10.0 Å². The second-order valence-electron chi connectivity index (χ2n) is 6.46. The number of aromatic amines is 1. The lowest BCUT2D eigenvalue weighted by Gasteiger charge is -2.07. The zero-order valence-electron chi connectivity index (χ0n) is 15.3. The van der Waals surface area contributed by atoms with Gasteiger partial charge < -0.3 is 10.3 Å². The number of fused-ring (bicyclic) bond motifs is 1. The summed E-state index contributed by atoms with van der Waals surface area (Å²) in [4.78, 5) is 15.8. The van der Waals surface area contributed by atoms with Crippen LogP contribution in [0.25, 0.3) is 22.3 Å². The second kappa shape index (κ2) is 7.22. The van der Waals surface area contributed by atoms with Gasteiger partial charge in [-0.2, -0.15) is 4.98 Å². The van der Waals surface area contributed by atoms with Gasteiger partial charge in [-0.15, -0.1) is 0 Å². The van der Waals surface area contributed by atoms with Crippen LogP contribution in [-0.4, -0.2) is 28.4 Å². The predicted octanol–water partition coefficient (Wildman–Crippen LogP) is 2.73. The molecule has 10 heteroatoms. The van der Waals surface area contributed by atoms with Gasteiger partial charge in [0.1, 0.15) is 17.0 Å². The fourth-order valence-corrected chi connectivity index (χ4v) is 3.89. The molecule has 0 bridgehead atoms. The number of sulfonamides is 1. The van der Waals surface area contributed by atoms with Gasteiger partial charge in [-0.3, -0.25) is 0 Å². The standard InChI is InChI=1S/C19H17FN6O2S/c1-11-16(14-6-3-7-15(17(14)25-11)29(21,27)28)18-23-10-24-19(26-18)22-9-12-4-2-5-13(20)8-12/h2-8,10,25H,9H2,1H3,(H2,21,27,28)(H,22,23,24,26). The number of hydrogen-bond acceptors (Lipinski definition) is 6. The summed E-state index contributed by atoms with van der Waals surface area (Å²) >= 11 is 0. The van der Waals surface area contributed by atoms with Crippen LogP contribution in [0.15, 0.2) is 53.7 Å². The Bertz CT molecular complexity index is 1320. The summed E-state index contributed by atoms with van der Waals surface area (Å²) in [6.07, 6.45) is 1.36. The van der Waals surface area contributed by atoms with Crippen molar-refractivity contribution in [1.82, 2.24) is 19.9 Å². The zero-order chi connectivity index (χ0) is 20.6. The molecule has 0 aliphatic rings. The molecule has 0 radical (unpaired) electrons. The lowest BCUT2D eigenvalue weighted by atomic mass is 10.1. The molecule has 0 saturated heterocycles. The van der Waals surface area contributed by atoms with Crippen LogP contribution in [0, 0.1) is 12.7 Å². The maximum Gasteiger partial charge on any atom is 0.240 e. The summed E-state index contributed by atoms with van der Waals surface area (Å²) in [6, 6.07) is 11.0. The third-order valence-electron chi connectivity index (χ3n) is 4.42. The molecule has 0 aliphatic heterocycles. The number of primary sulfonamides is 1. The molecule has 2 aromatic carbocycles. The molecule has 2 aromatic heterocycles. The van der Waals surface area contributed by atoms with Gasteiger partial charge in [0, 0.05) is 23.2 Å². The molecule has 0 amide bonds. The highest BCUT2D eigenvalue weighted by Gasteiger charge is 2.20. The summed E-state index contributed by atoms with van der Waals surface area (Å²) in [5.41, 5.74) is 2.49. The van der Waals surface area contributed by atoms with Crippen LogP contribution in [0.2, 0.25) is 0 Å². The Kier molecular flexibility index (Phi) is 4.73. The molecule has 0 saturated carbocycles. The van der Waals surface area contributed by atoms with E-state index in [-0.39, 0.29) is 10.7 Å². The Hall–Kier alpha value is -3.37. The average molecular weight is 412 g/mol. The number of hydrogen-bond donors (Lipinski definition) is 3. The molecule has 0 atom stereocenters. The zero-order valence-corrected chi connectivity index (χ0v) is 16.2. The van der Waals surface area contributed by atoms with Crippen molar-refractivity contribution < 1.29 is 12.8 Å². The van der Waals surface area contributed by atoms with Crippen LogP contribution in [0.5, 0.6) is 0 Å². The van der Waals surface area contributed by atoms with Crippen LogP contribution in [0.4, 0.5) is 10.3 Å². The molecule has 0 fully saturated rings. The molecular formula is C19H17FN6O2S. The van der Waals surface area contributed by atoms with Crippen LogP contribution in [0.1, 0.15) is 11.3 Å². The van der Waals surface area contributed by atoms with E-state index >= 15 is 0 Å². The Morgan fingerprint density at radius 2 is 1.97 bits per heavy atom. The first-order valence-corrected chi connectivity index (χ1v) is 10.2. The number of nitrogens with zero attached hydrogens (tertiary/aromatic N) is 3. The highest BCUT2D eigenvalue weighted by molar-refractivity contribution is 7.89. The largest absolute Gasteiger partial charge is 0.357 e. The first-order valence-electron chi connectivity index (χ1n) is 8.65. The van der Waals surface area contributed by atoms with Gasteiger partial charge in [0.15, 0.2) is 5.82 Å². The number of H-pyrrole nitrogens is 1. The quantitative estimate of drug-likeness (QED) is 0.463. The highest BCUT2D eigenvalue weighted by Crippen LogP contribution is 2.33. The smallest absolute Gasteiger partial charge is 0.240 e. The molecule has 4 rings (SSSR count). The molecule has 0 unspecified atom stereocenters. The van der Waals surface area contributed by atoms with Gasteiger partial charge in [-0.05, 0) is 30.7 Å². The topological polar surface area (TPSA) is 127 Å². The monoisotopic (exact) mass is 412 g/mol. The minimum Gasteiger partial charge on any atom is -0.357 e. The predicted molar refractivity (Wildman–Crippen MR) is 107 cm³/mol. The minimum atomic E-state index is -3.89. The van der Waals surface area contributed by atoms with Gasteiger partial charge in [-0.25, -0.2) is 27.9 Å². The second-order valence-corrected chi connectivity index (χ2v) is 7.99. The number of nitrogens with two attached hydrogens (primary N) is 1.